The van der Waals surface area contributed by atoms with Gasteiger partial charge in [0, 0.05) is 12.7 Å². The second kappa shape index (κ2) is 10.8. The van der Waals surface area contributed by atoms with Gasteiger partial charge in [-0.2, -0.15) is 0 Å². The van der Waals surface area contributed by atoms with E-state index in [2.05, 4.69) is 6.08 Å². The lowest BCUT2D eigenvalue weighted by Gasteiger charge is -2.35. The number of ether oxygens (including phenoxy) is 3. The van der Waals surface area contributed by atoms with Crippen LogP contribution in [0.4, 0.5) is 17.6 Å². The Balaban J connectivity index is 1.37. The number of methoxy groups -OCH3 is 1. The minimum atomic E-state index is -1.56. The van der Waals surface area contributed by atoms with Crippen LogP contribution in [0.25, 0.3) is 16.7 Å². The van der Waals surface area contributed by atoms with Crippen molar-refractivity contribution in [1.82, 2.24) is 0 Å². The van der Waals surface area contributed by atoms with Gasteiger partial charge < -0.3 is 14.2 Å². The van der Waals surface area contributed by atoms with Crippen LogP contribution < -0.4 is 0 Å². The summed E-state index contributed by atoms with van der Waals surface area (Å²) in [5.41, 5.74) is 1.79. The molecule has 2 aromatic carbocycles. The number of hydrogen-bond acceptors (Lipinski definition) is 3. The maximum absolute atomic E-state index is 14.8. The Bertz CT molecular complexity index is 976. The molecule has 1 heterocycles. The molecule has 0 radical (unpaired) electrons. The quantitative estimate of drug-likeness (QED) is 0.273. The zero-order chi connectivity index (χ0) is 23.4. The van der Waals surface area contributed by atoms with Crippen LogP contribution in [-0.4, -0.2) is 39.1 Å². The predicted molar refractivity (Wildman–Crippen MR) is 118 cm³/mol. The van der Waals surface area contributed by atoms with E-state index in [1.54, 1.807) is 13.2 Å². The molecule has 7 heteroatoms. The molecule has 0 amide bonds. The molecule has 3 atom stereocenters. The molecule has 3 nitrogen and oxygen atoms in total. The van der Waals surface area contributed by atoms with Crippen molar-refractivity contribution >= 4 is 5.57 Å². The van der Waals surface area contributed by atoms with Crippen LogP contribution >= 0.6 is 0 Å². The van der Waals surface area contributed by atoms with Crippen LogP contribution in [0.3, 0.4) is 0 Å². The normalized spacial score (nSPS) is 23.4. The Kier molecular flexibility index (Phi) is 7.83. The predicted octanol–water partition coefficient (Wildman–Crippen LogP) is 6.30. The van der Waals surface area contributed by atoms with Gasteiger partial charge in [-0.15, -0.1) is 0 Å². The van der Waals surface area contributed by atoms with Crippen molar-refractivity contribution in [3.63, 3.8) is 0 Å². The van der Waals surface area contributed by atoms with Crippen molar-refractivity contribution in [3.05, 3.63) is 65.2 Å². The van der Waals surface area contributed by atoms with Crippen LogP contribution in [0.2, 0.25) is 0 Å². The Morgan fingerprint density at radius 3 is 2.27 bits per heavy atom. The Morgan fingerprint density at radius 2 is 1.67 bits per heavy atom. The third-order valence-electron chi connectivity index (χ3n) is 6.52. The van der Waals surface area contributed by atoms with E-state index in [1.807, 2.05) is 0 Å². The minimum Gasteiger partial charge on any atom is -0.382 e. The van der Waals surface area contributed by atoms with Crippen molar-refractivity contribution in [1.29, 1.82) is 0 Å². The van der Waals surface area contributed by atoms with Gasteiger partial charge >= 0.3 is 0 Å². The first-order chi connectivity index (χ1) is 16.0. The van der Waals surface area contributed by atoms with Gasteiger partial charge in [0.2, 0.25) is 0 Å². The summed E-state index contributed by atoms with van der Waals surface area (Å²) in [6.45, 7) is 1.75. The molecule has 1 aliphatic heterocycles. The zero-order valence-electron chi connectivity index (χ0n) is 18.6. The number of hydrogen-bond donors (Lipinski definition) is 0. The Labute approximate surface area is 191 Å². The molecule has 3 unspecified atom stereocenters. The van der Waals surface area contributed by atoms with Crippen LogP contribution in [0.15, 0.2) is 36.4 Å². The van der Waals surface area contributed by atoms with Crippen molar-refractivity contribution < 1.29 is 31.8 Å². The average Bonchev–Trinajstić information content (AvgIpc) is 2.83. The van der Waals surface area contributed by atoms with E-state index in [4.69, 9.17) is 14.2 Å². The smallest absolute Gasteiger partial charge is 0.194 e. The lowest BCUT2D eigenvalue weighted by Crippen LogP contribution is -2.36. The molecule has 2 aliphatic rings. The van der Waals surface area contributed by atoms with Crippen molar-refractivity contribution in [2.24, 2.45) is 5.92 Å². The van der Waals surface area contributed by atoms with Crippen LogP contribution in [0.5, 0.6) is 0 Å². The first kappa shape index (κ1) is 23.9. The van der Waals surface area contributed by atoms with Gasteiger partial charge in [0.15, 0.2) is 17.5 Å². The molecular formula is C26H28F4O3. The van der Waals surface area contributed by atoms with Crippen molar-refractivity contribution in [3.8, 4) is 11.1 Å². The Hall–Kier alpha value is -2.22. The number of halogens is 4. The molecule has 0 saturated carbocycles. The molecule has 0 N–H and O–H groups in total. The molecule has 178 valence electrons. The largest absolute Gasteiger partial charge is 0.382 e. The fourth-order valence-electron chi connectivity index (χ4n) is 4.66. The van der Waals surface area contributed by atoms with Gasteiger partial charge in [-0.1, -0.05) is 18.2 Å². The first-order valence-electron chi connectivity index (χ1n) is 11.3. The summed E-state index contributed by atoms with van der Waals surface area (Å²) in [7, 11) is 1.65. The first-order valence-corrected chi connectivity index (χ1v) is 11.3. The van der Waals surface area contributed by atoms with Gasteiger partial charge in [0.05, 0.1) is 32.0 Å². The Morgan fingerprint density at radius 1 is 0.909 bits per heavy atom. The van der Waals surface area contributed by atoms with Crippen molar-refractivity contribution in [2.45, 2.75) is 44.3 Å². The zero-order valence-corrected chi connectivity index (χ0v) is 18.6. The maximum atomic E-state index is 14.8. The van der Waals surface area contributed by atoms with Gasteiger partial charge in [-0.3, -0.25) is 0 Å². The van der Waals surface area contributed by atoms with E-state index in [0.717, 1.165) is 55.4 Å². The summed E-state index contributed by atoms with van der Waals surface area (Å²) in [5.74, 6) is -4.42. The standard InChI is InChI=1S/C26H28F4O3/c1-31-10-11-32-20-7-9-25(33-15-20)17-4-2-16(3-5-17)18-6-8-21(22(27)12-18)19-13-23(28)26(30)24(29)14-19/h2,6,8,12-14,17,20,25H,3-5,7,9-11,15H2,1H3. The summed E-state index contributed by atoms with van der Waals surface area (Å²) >= 11 is 0. The van der Waals surface area contributed by atoms with E-state index >= 15 is 0 Å². The molecule has 0 bridgehead atoms. The highest BCUT2D eigenvalue weighted by Gasteiger charge is 2.30. The number of allylic oxidation sites excluding steroid dienone is 2. The summed E-state index contributed by atoms with van der Waals surface area (Å²) < 4.78 is 71.9. The fraction of sp³-hybridized carbons (Fsp3) is 0.462. The molecular weight excluding hydrogens is 436 g/mol. The molecule has 0 aromatic heterocycles. The molecule has 1 fully saturated rings. The molecule has 1 aliphatic carbocycles. The molecule has 0 spiro atoms. The second-order valence-corrected chi connectivity index (χ2v) is 8.65. The number of rotatable bonds is 7. The lowest BCUT2D eigenvalue weighted by molar-refractivity contribution is -0.108. The van der Waals surface area contributed by atoms with E-state index in [-0.39, 0.29) is 23.3 Å². The monoisotopic (exact) mass is 464 g/mol. The highest BCUT2D eigenvalue weighted by molar-refractivity contribution is 5.71. The minimum absolute atomic E-state index is 0.0312. The summed E-state index contributed by atoms with van der Waals surface area (Å²) in [4.78, 5) is 0. The van der Waals surface area contributed by atoms with Gasteiger partial charge in [0.25, 0.3) is 0 Å². The van der Waals surface area contributed by atoms with Crippen molar-refractivity contribution in [2.75, 3.05) is 26.9 Å². The molecule has 33 heavy (non-hydrogen) atoms. The lowest BCUT2D eigenvalue weighted by atomic mass is 9.81. The topological polar surface area (TPSA) is 27.7 Å². The van der Waals surface area contributed by atoms with E-state index in [1.165, 1.54) is 12.1 Å². The van der Waals surface area contributed by atoms with Gasteiger partial charge in [-0.05, 0) is 72.9 Å². The highest BCUT2D eigenvalue weighted by atomic mass is 19.2. The number of benzene rings is 2. The summed E-state index contributed by atoms with van der Waals surface area (Å²) in [5, 5.41) is 0. The van der Waals surface area contributed by atoms with Crippen LogP contribution in [0, 0.1) is 29.2 Å². The highest BCUT2D eigenvalue weighted by Crippen LogP contribution is 2.37. The van der Waals surface area contributed by atoms with Gasteiger partial charge in [-0.25, -0.2) is 17.6 Å². The van der Waals surface area contributed by atoms with E-state index in [0.29, 0.717) is 25.7 Å². The molecule has 1 saturated heterocycles. The van der Waals surface area contributed by atoms with E-state index < -0.39 is 23.3 Å². The van der Waals surface area contributed by atoms with Crippen LogP contribution in [0.1, 0.15) is 37.7 Å². The van der Waals surface area contributed by atoms with E-state index in [9.17, 15) is 17.6 Å². The maximum Gasteiger partial charge on any atom is 0.194 e. The fourth-order valence-corrected chi connectivity index (χ4v) is 4.66. The summed E-state index contributed by atoms with van der Waals surface area (Å²) in [6.07, 6.45) is 6.98. The second-order valence-electron chi connectivity index (χ2n) is 8.65. The SMILES string of the molecule is COCCOC1CCC(C2CC=C(c3ccc(-c4cc(F)c(F)c(F)c4)c(F)c3)CC2)OC1. The van der Waals surface area contributed by atoms with Gasteiger partial charge in [0.1, 0.15) is 5.82 Å². The summed E-state index contributed by atoms with van der Waals surface area (Å²) in [6, 6.07) is 6.21. The third-order valence-corrected chi connectivity index (χ3v) is 6.52. The third kappa shape index (κ3) is 5.65. The molecule has 4 rings (SSSR count). The molecule has 2 aromatic rings. The van der Waals surface area contributed by atoms with Crippen LogP contribution in [-0.2, 0) is 14.2 Å². The average molecular weight is 464 g/mol.